The summed E-state index contributed by atoms with van der Waals surface area (Å²) >= 11 is 2.85. The highest BCUT2D eigenvalue weighted by molar-refractivity contribution is 7.22. The molecule has 2 aromatic heterocycles. The van der Waals surface area contributed by atoms with Crippen LogP contribution in [-0.2, 0) is 0 Å². The van der Waals surface area contributed by atoms with Crippen LogP contribution in [0.15, 0.2) is 66.7 Å². The van der Waals surface area contributed by atoms with Crippen LogP contribution in [0.2, 0.25) is 0 Å². The van der Waals surface area contributed by atoms with Crippen molar-refractivity contribution in [2.45, 2.75) is 6.92 Å². The number of thiazole rings is 2. The third-order valence-corrected chi connectivity index (χ3v) is 8.22. The van der Waals surface area contributed by atoms with Crippen LogP contribution >= 0.6 is 22.7 Å². The van der Waals surface area contributed by atoms with Crippen LogP contribution in [0.25, 0.3) is 31.2 Å². The van der Waals surface area contributed by atoms with E-state index in [1.165, 1.54) is 29.6 Å². The standard InChI is InChI=1S/C28H22N4O4S2/c1-16(33)24-25(17-6-5-7-19(14-17)35-2)38-26(30-24)18-10-11-22-21(15-18)32(12-13-36-22)28(34)31-27-29-20-8-3-4-9-23(20)37-27/h3-11,14-15H,12-13H2,1-2H3,(H,29,31,34). The number of methoxy groups -OCH3 is 1. The van der Waals surface area contributed by atoms with Gasteiger partial charge in [0.2, 0.25) is 0 Å². The SMILES string of the molecule is COc1cccc(-c2sc(-c3ccc4c(c3)N(C(=O)Nc3nc5ccccc5s3)CCO4)nc2C(C)=O)c1. The molecule has 0 spiro atoms. The number of urea groups is 1. The molecule has 2 amide bonds. The van der Waals surface area contributed by atoms with Crippen molar-refractivity contribution in [3.05, 3.63) is 72.4 Å². The minimum Gasteiger partial charge on any atom is -0.497 e. The molecule has 190 valence electrons. The van der Waals surface area contributed by atoms with Crippen molar-refractivity contribution >= 4 is 55.5 Å². The molecule has 0 fully saturated rings. The molecule has 10 heteroatoms. The van der Waals surface area contributed by atoms with Gasteiger partial charge in [-0.25, -0.2) is 14.8 Å². The van der Waals surface area contributed by atoms with Gasteiger partial charge in [-0.1, -0.05) is 35.6 Å². The Kier molecular flexibility index (Phi) is 6.26. The smallest absolute Gasteiger partial charge is 0.328 e. The fourth-order valence-electron chi connectivity index (χ4n) is 4.29. The summed E-state index contributed by atoms with van der Waals surface area (Å²) in [4.78, 5) is 37.4. The first-order valence-corrected chi connectivity index (χ1v) is 13.5. The van der Waals surface area contributed by atoms with E-state index in [0.29, 0.717) is 46.2 Å². The van der Waals surface area contributed by atoms with Gasteiger partial charge in [-0.05, 0) is 48.0 Å². The highest BCUT2D eigenvalue weighted by atomic mass is 32.1. The second-order valence-electron chi connectivity index (χ2n) is 8.58. The number of Topliss-reactive ketones (excluding diaryl/α,β-unsaturated/α-hetero) is 1. The summed E-state index contributed by atoms with van der Waals surface area (Å²) in [5.41, 5.74) is 3.52. The van der Waals surface area contributed by atoms with Gasteiger partial charge in [0.15, 0.2) is 10.9 Å². The number of ketones is 1. The highest BCUT2D eigenvalue weighted by Gasteiger charge is 2.26. The van der Waals surface area contributed by atoms with Gasteiger partial charge in [0.25, 0.3) is 0 Å². The van der Waals surface area contributed by atoms with E-state index in [4.69, 9.17) is 9.47 Å². The molecule has 0 radical (unpaired) electrons. The molecule has 1 aliphatic heterocycles. The summed E-state index contributed by atoms with van der Waals surface area (Å²) in [6.45, 7) is 2.28. The summed E-state index contributed by atoms with van der Waals surface area (Å²) in [6.07, 6.45) is 0. The number of ether oxygens (including phenoxy) is 2. The van der Waals surface area contributed by atoms with E-state index in [9.17, 15) is 9.59 Å². The second-order valence-corrected chi connectivity index (χ2v) is 10.6. The minimum atomic E-state index is -0.286. The van der Waals surface area contributed by atoms with Gasteiger partial charge in [-0.3, -0.25) is 15.0 Å². The lowest BCUT2D eigenvalue weighted by Crippen LogP contribution is -2.40. The Morgan fingerprint density at radius 1 is 1.00 bits per heavy atom. The quantitative estimate of drug-likeness (QED) is 0.248. The summed E-state index contributed by atoms with van der Waals surface area (Å²) in [5, 5.41) is 4.14. The van der Waals surface area contributed by atoms with Gasteiger partial charge in [0, 0.05) is 12.5 Å². The molecule has 38 heavy (non-hydrogen) atoms. The number of nitrogens with zero attached hydrogens (tertiary/aromatic N) is 3. The van der Waals surface area contributed by atoms with Crippen LogP contribution in [0.4, 0.5) is 15.6 Å². The van der Waals surface area contributed by atoms with Crippen LogP contribution in [-0.4, -0.2) is 42.0 Å². The van der Waals surface area contributed by atoms with E-state index in [1.807, 2.05) is 66.7 Å². The van der Waals surface area contributed by atoms with Crippen molar-refractivity contribution < 1.29 is 19.1 Å². The molecule has 1 aliphatic rings. The molecule has 1 N–H and O–H groups in total. The van der Waals surface area contributed by atoms with Crippen molar-refractivity contribution in [2.24, 2.45) is 0 Å². The van der Waals surface area contributed by atoms with Gasteiger partial charge < -0.3 is 9.47 Å². The zero-order valence-electron chi connectivity index (χ0n) is 20.6. The molecule has 0 aliphatic carbocycles. The zero-order valence-corrected chi connectivity index (χ0v) is 22.2. The van der Waals surface area contributed by atoms with E-state index < -0.39 is 0 Å². The lowest BCUT2D eigenvalue weighted by molar-refractivity contribution is 0.101. The van der Waals surface area contributed by atoms with Crippen molar-refractivity contribution in [1.29, 1.82) is 0 Å². The maximum atomic E-state index is 13.3. The summed E-state index contributed by atoms with van der Waals surface area (Å²) in [6, 6.07) is 20.6. The van der Waals surface area contributed by atoms with Gasteiger partial charge in [-0.15, -0.1) is 11.3 Å². The van der Waals surface area contributed by atoms with Gasteiger partial charge in [0.05, 0.1) is 34.4 Å². The Bertz CT molecular complexity index is 1660. The lowest BCUT2D eigenvalue weighted by atomic mass is 10.1. The number of anilines is 2. The number of benzene rings is 3. The van der Waals surface area contributed by atoms with Crippen LogP contribution in [0.1, 0.15) is 17.4 Å². The number of carbonyl (C=O) groups is 2. The average Bonchev–Trinajstić information content (AvgIpc) is 3.57. The fraction of sp³-hybridized carbons (Fsp3) is 0.143. The lowest BCUT2D eigenvalue weighted by Gasteiger charge is -2.29. The number of amides is 2. The molecule has 3 heterocycles. The molecule has 0 bridgehead atoms. The summed E-state index contributed by atoms with van der Waals surface area (Å²) in [5.74, 6) is 1.19. The normalized spacial score (nSPS) is 12.6. The Balaban J connectivity index is 1.34. The molecule has 8 nitrogen and oxygen atoms in total. The van der Waals surface area contributed by atoms with E-state index in [0.717, 1.165) is 26.2 Å². The van der Waals surface area contributed by atoms with Crippen molar-refractivity contribution in [1.82, 2.24) is 9.97 Å². The van der Waals surface area contributed by atoms with Gasteiger partial charge >= 0.3 is 6.03 Å². The number of aromatic nitrogens is 2. The topological polar surface area (TPSA) is 93.7 Å². The van der Waals surface area contributed by atoms with Crippen LogP contribution < -0.4 is 19.7 Å². The number of carbonyl (C=O) groups excluding carboxylic acids is 2. The molecule has 0 saturated heterocycles. The van der Waals surface area contributed by atoms with Crippen molar-refractivity contribution in [2.75, 3.05) is 30.5 Å². The molecular formula is C28H22N4O4S2. The number of hydrogen-bond acceptors (Lipinski definition) is 8. The summed E-state index contributed by atoms with van der Waals surface area (Å²) < 4.78 is 12.2. The molecule has 5 aromatic rings. The predicted molar refractivity (Wildman–Crippen MR) is 151 cm³/mol. The van der Waals surface area contributed by atoms with E-state index in [-0.39, 0.29) is 11.8 Å². The number of rotatable bonds is 5. The van der Waals surface area contributed by atoms with Crippen LogP contribution in [0.5, 0.6) is 11.5 Å². The number of fused-ring (bicyclic) bond motifs is 2. The Morgan fingerprint density at radius 3 is 2.68 bits per heavy atom. The maximum Gasteiger partial charge on any atom is 0.328 e. The van der Waals surface area contributed by atoms with Gasteiger partial charge in [-0.2, -0.15) is 0 Å². The van der Waals surface area contributed by atoms with Crippen LogP contribution in [0.3, 0.4) is 0 Å². The number of para-hydroxylation sites is 1. The average molecular weight is 543 g/mol. The number of hydrogen-bond donors (Lipinski definition) is 1. The van der Waals surface area contributed by atoms with E-state index in [1.54, 1.807) is 12.0 Å². The Hall–Kier alpha value is -4.28. The zero-order chi connectivity index (χ0) is 26.2. The minimum absolute atomic E-state index is 0.122. The predicted octanol–water partition coefficient (Wildman–Crippen LogP) is 6.73. The van der Waals surface area contributed by atoms with Crippen molar-refractivity contribution in [3.63, 3.8) is 0 Å². The third kappa shape index (κ3) is 4.48. The molecule has 0 saturated carbocycles. The molecule has 0 atom stereocenters. The monoisotopic (exact) mass is 542 g/mol. The third-order valence-electron chi connectivity index (χ3n) is 6.11. The largest absolute Gasteiger partial charge is 0.497 e. The Morgan fingerprint density at radius 2 is 1.87 bits per heavy atom. The molecule has 3 aromatic carbocycles. The van der Waals surface area contributed by atoms with E-state index >= 15 is 0 Å². The van der Waals surface area contributed by atoms with Gasteiger partial charge in [0.1, 0.15) is 28.8 Å². The molecule has 6 rings (SSSR count). The fourth-order valence-corrected chi connectivity index (χ4v) is 6.25. The second kappa shape index (κ2) is 9.88. The first-order chi connectivity index (χ1) is 18.5. The van der Waals surface area contributed by atoms with Crippen LogP contribution in [0, 0.1) is 0 Å². The first kappa shape index (κ1) is 24.1. The highest BCUT2D eigenvalue weighted by Crippen LogP contribution is 2.41. The molecule has 0 unspecified atom stereocenters. The Labute approximate surface area is 226 Å². The van der Waals surface area contributed by atoms with E-state index in [2.05, 4.69) is 15.3 Å². The number of nitrogens with one attached hydrogen (secondary N) is 1. The van der Waals surface area contributed by atoms with Crippen molar-refractivity contribution in [3.8, 4) is 32.5 Å². The first-order valence-electron chi connectivity index (χ1n) is 11.9. The molecular weight excluding hydrogens is 520 g/mol. The maximum absolute atomic E-state index is 13.3. The summed E-state index contributed by atoms with van der Waals surface area (Å²) in [7, 11) is 1.61.